The van der Waals surface area contributed by atoms with Crippen molar-refractivity contribution in [3.05, 3.63) is 11.6 Å². The van der Waals surface area contributed by atoms with Crippen molar-refractivity contribution >= 4 is 0 Å². The molecule has 1 aliphatic carbocycles. The van der Waals surface area contributed by atoms with E-state index in [1.165, 1.54) is 0 Å². The lowest BCUT2D eigenvalue weighted by Gasteiger charge is -2.34. The van der Waals surface area contributed by atoms with Crippen LogP contribution in [0.1, 0.15) is 70.9 Å². The lowest BCUT2D eigenvalue weighted by Crippen LogP contribution is -2.42. The molecule has 1 aromatic rings. The lowest BCUT2D eigenvalue weighted by atomic mass is 9.83. The van der Waals surface area contributed by atoms with E-state index in [0.717, 1.165) is 43.9 Å². The fourth-order valence-corrected chi connectivity index (χ4v) is 3.04. The standard InChI is InChI=1S/C16H30N4O/c1-6-9-21-14-10-12(7-8-13(14)17)15-18-11(2)19-20(15)16(3,4)5/h12-14H,6-10,17H2,1-5H3/t12-,13-,14-/m0/s1. The van der Waals surface area contributed by atoms with Crippen LogP contribution in [-0.2, 0) is 10.3 Å². The monoisotopic (exact) mass is 294 g/mol. The molecule has 0 aromatic carbocycles. The highest BCUT2D eigenvalue weighted by Gasteiger charge is 2.34. The van der Waals surface area contributed by atoms with Crippen LogP contribution in [0.15, 0.2) is 0 Å². The zero-order chi connectivity index (χ0) is 15.6. The Hall–Kier alpha value is -0.940. The van der Waals surface area contributed by atoms with Crippen molar-refractivity contribution in [3.8, 4) is 0 Å². The molecule has 2 rings (SSSR count). The smallest absolute Gasteiger partial charge is 0.147 e. The average Bonchev–Trinajstić information content (AvgIpc) is 2.80. The molecule has 0 bridgehead atoms. The summed E-state index contributed by atoms with van der Waals surface area (Å²) in [6.07, 6.45) is 4.20. The molecule has 1 heterocycles. The van der Waals surface area contributed by atoms with Crippen LogP contribution in [0, 0.1) is 6.92 Å². The van der Waals surface area contributed by atoms with E-state index in [0.29, 0.717) is 5.92 Å². The molecule has 1 saturated carbocycles. The second-order valence-electron chi connectivity index (χ2n) is 7.18. The number of ether oxygens (including phenoxy) is 1. The zero-order valence-corrected chi connectivity index (χ0v) is 14.1. The summed E-state index contributed by atoms with van der Waals surface area (Å²) in [6, 6.07) is 0.153. The summed E-state index contributed by atoms with van der Waals surface area (Å²) < 4.78 is 8.03. The van der Waals surface area contributed by atoms with Crippen molar-refractivity contribution < 1.29 is 4.74 Å². The Morgan fingerprint density at radius 2 is 2.05 bits per heavy atom. The first-order valence-corrected chi connectivity index (χ1v) is 8.14. The van der Waals surface area contributed by atoms with Crippen LogP contribution >= 0.6 is 0 Å². The van der Waals surface area contributed by atoms with Crippen LogP contribution < -0.4 is 5.73 Å². The highest BCUT2D eigenvalue weighted by molar-refractivity contribution is 5.06. The number of hydrogen-bond donors (Lipinski definition) is 1. The molecule has 0 spiro atoms. The van der Waals surface area contributed by atoms with E-state index in [9.17, 15) is 0 Å². The highest BCUT2D eigenvalue weighted by atomic mass is 16.5. The minimum absolute atomic E-state index is 0.0457. The average molecular weight is 294 g/mol. The van der Waals surface area contributed by atoms with Gasteiger partial charge < -0.3 is 10.5 Å². The molecule has 3 atom stereocenters. The molecular weight excluding hydrogens is 264 g/mol. The van der Waals surface area contributed by atoms with Crippen molar-refractivity contribution in [2.75, 3.05) is 6.61 Å². The number of nitrogens with zero attached hydrogens (tertiary/aromatic N) is 3. The maximum Gasteiger partial charge on any atom is 0.147 e. The quantitative estimate of drug-likeness (QED) is 0.927. The second kappa shape index (κ2) is 6.44. The molecule has 5 heteroatoms. The molecular formula is C16H30N4O. The van der Waals surface area contributed by atoms with Crippen LogP contribution in [0.5, 0.6) is 0 Å². The molecule has 0 unspecified atom stereocenters. The van der Waals surface area contributed by atoms with E-state index < -0.39 is 0 Å². The predicted molar refractivity (Wildman–Crippen MR) is 84.4 cm³/mol. The summed E-state index contributed by atoms with van der Waals surface area (Å²) in [7, 11) is 0. The van der Waals surface area contributed by atoms with Gasteiger partial charge in [0.2, 0.25) is 0 Å². The van der Waals surface area contributed by atoms with Crippen molar-refractivity contribution in [1.29, 1.82) is 0 Å². The number of aromatic nitrogens is 3. The maximum atomic E-state index is 6.22. The highest BCUT2D eigenvalue weighted by Crippen LogP contribution is 2.34. The Bertz CT molecular complexity index is 463. The third kappa shape index (κ3) is 3.83. The van der Waals surface area contributed by atoms with Crippen molar-refractivity contribution in [2.24, 2.45) is 5.73 Å². The van der Waals surface area contributed by atoms with Gasteiger partial charge in [-0.25, -0.2) is 9.67 Å². The lowest BCUT2D eigenvalue weighted by molar-refractivity contribution is 0.00822. The second-order valence-corrected chi connectivity index (χ2v) is 7.18. The molecule has 120 valence electrons. The van der Waals surface area contributed by atoms with E-state index in [1.54, 1.807) is 0 Å². The van der Waals surface area contributed by atoms with E-state index >= 15 is 0 Å². The first kappa shape index (κ1) is 16.4. The first-order chi connectivity index (χ1) is 9.82. The molecule has 1 aromatic heterocycles. The minimum atomic E-state index is -0.0457. The summed E-state index contributed by atoms with van der Waals surface area (Å²) in [5.41, 5.74) is 6.18. The molecule has 0 radical (unpaired) electrons. The van der Waals surface area contributed by atoms with E-state index in [4.69, 9.17) is 15.5 Å². The fourth-order valence-electron chi connectivity index (χ4n) is 3.04. The number of hydrogen-bond acceptors (Lipinski definition) is 4. The number of nitrogens with two attached hydrogens (primary N) is 1. The SMILES string of the molecule is CCCO[C@H]1C[C@@H](c2nc(C)nn2C(C)(C)C)CC[C@@H]1N. The van der Waals surface area contributed by atoms with Gasteiger partial charge in [-0.1, -0.05) is 6.92 Å². The van der Waals surface area contributed by atoms with Crippen LogP contribution in [0.3, 0.4) is 0 Å². The summed E-state index contributed by atoms with van der Waals surface area (Å²) in [5, 5.41) is 4.60. The molecule has 0 amide bonds. The summed E-state index contributed by atoms with van der Waals surface area (Å²) in [5.74, 6) is 2.34. The van der Waals surface area contributed by atoms with Crippen molar-refractivity contribution in [3.63, 3.8) is 0 Å². The van der Waals surface area contributed by atoms with Gasteiger partial charge in [0.15, 0.2) is 0 Å². The molecule has 21 heavy (non-hydrogen) atoms. The van der Waals surface area contributed by atoms with E-state index in [1.807, 2.05) is 6.92 Å². The van der Waals surface area contributed by atoms with Gasteiger partial charge in [-0.3, -0.25) is 0 Å². The van der Waals surface area contributed by atoms with Crippen LogP contribution in [0.25, 0.3) is 0 Å². The van der Waals surface area contributed by atoms with Crippen molar-refractivity contribution in [2.45, 2.75) is 83.9 Å². The van der Waals surface area contributed by atoms with E-state index in [-0.39, 0.29) is 17.7 Å². The Morgan fingerprint density at radius 1 is 1.33 bits per heavy atom. The van der Waals surface area contributed by atoms with Gasteiger partial charge >= 0.3 is 0 Å². The summed E-state index contributed by atoms with van der Waals surface area (Å²) in [4.78, 5) is 4.70. The molecule has 1 aliphatic rings. The Morgan fingerprint density at radius 3 is 2.67 bits per heavy atom. The van der Waals surface area contributed by atoms with Crippen molar-refractivity contribution in [1.82, 2.24) is 14.8 Å². The third-order valence-corrected chi connectivity index (χ3v) is 4.12. The van der Waals surface area contributed by atoms with Gasteiger partial charge in [0.1, 0.15) is 11.6 Å². The van der Waals surface area contributed by atoms with Gasteiger partial charge in [-0.05, 0) is 53.4 Å². The summed E-state index contributed by atoms with van der Waals surface area (Å²) in [6.45, 7) is 11.4. The topological polar surface area (TPSA) is 66.0 Å². The van der Waals surface area contributed by atoms with Gasteiger partial charge in [0, 0.05) is 18.6 Å². The Balaban J connectivity index is 2.18. The Labute approximate surface area is 128 Å². The molecule has 5 nitrogen and oxygen atoms in total. The zero-order valence-electron chi connectivity index (χ0n) is 14.1. The summed E-state index contributed by atoms with van der Waals surface area (Å²) >= 11 is 0. The van der Waals surface area contributed by atoms with Crippen LogP contribution in [-0.4, -0.2) is 33.5 Å². The minimum Gasteiger partial charge on any atom is -0.377 e. The Kier molecular flexibility index (Phi) is 5.04. The van der Waals surface area contributed by atoms with Crippen LogP contribution in [0.4, 0.5) is 0 Å². The number of aryl methyl sites for hydroxylation is 1. The molecule has 0 aliphatic heterocycles. The normalized spacial score (nSPS) is 27.0. The fraction of sp³-hybridized carbons (Fsp3) is 0.875. The van der Waals surface area contributed by atoms with Gasteiger partial charge in [-0.2, -0.15) is 5.10 Å². The third-order valence-electron chi connectivity index (χ3n) is 4.12. The van der Waals surface area contributed by atoms with E-state index in [2.05, 4.69) is 37.5 Å². The predicted octanol–water partition coefficient (Wildman–Crippen LogP) is 2.73. The largest absolute Gasteiger partial charge is 0.377 e. The first-order valence-electron chi connectivity index (χ1n) is 8.14. The molecule has 2 N–H and O–H groups in total. The maximum absolute atomic E-state index is 6.22. The van der Waals surface area contributed by atoms with Gasteiger partial charge in [-0.15, -0.1) is 0 Å². The van der Waals surface area contributed by atoms with Crippen LogP contribution in [0.2, 0.25) is 0 Å². The molecule has 1 fully saturated rings. The van der Waals surface area contributed by atoms with Gasteiger partial charge in [0.25, 0.3) is 0 Å². The van der Waals surface area contributed by atoms with Gasteiger partial charge in [0.05, 0.1) is 11.6 Å². The number of rotatable bonds is 4. The molecule has 0 saturated heterocycles.